The zero-order valence-corrected chi connectivity index (χ0v) is 9.77. The fourth-order valence-electron chi connectivity index (χ4n) is 2.40. The molecule has 0 N–H and O–H groups in total. The van der Waals surface area contributed by atoms with Gasteiger partial charge in [0.1, 0.15) is 6.10 Å². The van der Waals surface area contributed by atoms with Gasteiger partial charge in [0.15, 0.2) is 5.78 Å². The second kappa shape index (κ2) is 4.74. The Morgan fingerprint density at radius 1 is 1.69 bits per heavy atom. The van der Waals surface area contributed by atoms with Gasteiger partial charge in [-0.2, -0.15) is 0 Å². The lowest BCUT2D eigenvalue weighted by Gasteiger charge is -2.16. The highest BCUT2D eigenvalue weighted by atomic mass is 16.5. The lowest BCUT2D eigenvalue weighted by Crippen LogP contribution is -2.27. The highest BCUT2D eigenvalue weighted by Gasteiger charge is 2.33. The average Bonchev–Trinajstić information content (AvgIpc) is 2.74. The molecule has 0 amide bonds. The summed E-state index contributed by atoms with van der Waals surface area (Å²) in [5.41, 5.74) is 2.18. The van der Waals surface area contributed by atoms with Crippen LogP contribution in [0.5, 0.6) is 0 Å². The van der Waals surface area contributed by atoms with E-state index in [0.29, 0.717) is 0 Å². The first-order chi connectivity index (χ1) is 7.77. The molecular weight excluding hydrogens is 202 g/mol. The number of aryl methyl sites for hydroxylation is 1. The zero-order valence-electron chi connectivity index (χ0n) is 9.77. The number of hydrogen-bond donors (Lipinski definition) is 0. The van der Waals surface area contributed by atoms with Crippen molar-refractivity contribution in [1.29, 1.82) is 0 Å². The normalized spacial score (nSPS) is 20.5. The van der Waals surface area contributed by atoms with E-state index in [9.17, 15) is 4.79 Å². The van der Waals surface area contributed by atoms with Gasteiger partial charge in [-0.15, -0.1) is 0 Å². The van der Waals surface area contributed by atoms with Crippen molar-refractivity contribution < 1.29 is 9.53 Å². The first-order valence-electron chi connectivity index (χ1n) is 5.78. The Morgan fingerprint density at radius 2 is 2.50 bits per heavy atom. The van der Waals surface area contributed by atoms with Crippen LogP contribution in [-0.2, 0) is 16.0 Å². The second-order valence-electron chi connectivity index (χ2n) is 4.17. The number of pyridine rings is 1. The van der Waals surface area contributed by atoms with Crippen LogP contribution in [0.1, 0.15) is 36.9 Å². The number of carbonyl (C=O) groups excluding carboxylic acids is 1. The van der Waals surface area contributed by atoms with Gasteiger partial charge < -0.3 is 4.74 Å². The summed E-state index contributed by atoms with van der Waals surface area (Å²) in [4.78, 5) is 16.5. The van der Waals surface area contributed by atoms with Gasteiger partial charge in [0, 0.05) is 13.3 Å². The Kier molecular flexibility index (Phi) is 3.34. The minimum absolute atomic E-state index is 0.0545. The van der Waals surface area contributed by atoms with E-state index < -0.39 is 0 Å². The molecule has 0 saturated carbocycles. The Hall–Kier alpha value is -1.22. The van der Waals surface area contributed by atoms with Gasteiger partial charge in [0.2, 0.25) is 0 Å². The van der Waals surface area contributed by atoms with E-state index in [1.807, 2.05) is 13.0 Å². The maximum atomic E-state index is 12.2. The van der Waals surface area contributed by atoms with Crippen LogP contribution in [0, 0.1) is 0 Å². The topological polar surface area (TPSA) is 39.2 Å². The molecule has 3 heteroatoms. The van der Waals surface area contributed by atoms with Crippen LogP contribution in [-0.4, -0.2) is 24.0 Å². The molecule has 16 heavy (non-hydrogen) atoms. The number of aromatic nitrogens is 1. The predicted octanol–water partition coefficient (Wildman–Crippen LogP) is 2.11. The molecule has 1 aromatic rings. The number of rotatable bonds is 4. The van der Waals surface area contributed by atoms with Gasteiger partial charge in [-0.05, 0) is 30.9 Å². The molecule has 2 atom stereocenters. The summed E-state index contributed by atoms with van der Waals surface area (Å²) < 4.78 is 5.21. The molecule has 0 bridgehead atoms. The van der Waals surface area contributed by atoms with Gasteiger partial charge in [0.25, 0.3) is 0 Å². The second-order valence-corrected chi connectivity index (χ2v) is 4.17. The summed E-state index contributed by atoms with van der Waals surface area (Å²) in [5, 5.41) is 0. The van der Waals surface area contributed by atoms with Crippen LogP contribution < -0.4 is 0 Å². The van der Waals surface area contributed by atoms with Crippen LogP contribution >= 0.6 is 0 Å². The third-order valence-corrected chi connectivity index (χ3v) is 3.27. The van der Waals surface area contributed by atoms with Crippen LogP contribution in [0.25, 0.3) is 0 Å². The lowest BCUT2D eigenvalue weighted by atomic mass is 9.96. The third kappa shape index (κ3) is 1.87. The summed E-state index contributed by atoms with van der Waals surface area (Å²) in [7, 11) is 1.60. The van der Waals surface area contributed by atoms with E-state index >= 15 is 0 Å². The Bertz CT molecular complexity index is 385. The third-order valence-electron chi connectivity index (χ3n) is 3.27. The Morgan fingerprint density at radius 3 is 3.19 bits per heavy atom. The smallest absolute Gasteiger partial charge is 0.170 e. The van der Waals surface area contributed by atoms with Gasteiger partial charge in [-0.3, -0.25) is 9.78 Å². The zero-order chi connectivity index (χ0) is 11.5. The van der Waals surface area contributed by atoms with Crippen LogP contribution in [0.3, 0.4) is 0 Å². The molecule has 1 aliphatic rings. The first-order valence-corrected chi connectivity index (χ1v) is 5.78. The first kappa shape index (κ1) is 11.3. The molecule has 0 saturated heterocycles. The van der Waals surface area contributed by atoms with Crippen molar-refractivity contribution in [1.82, 2.24) is 4.98 Å². The van der Waals surface area contributed by atoms with E-state index in [-0.39, 0.29) is 17.8 Å². The minimum atomic E-state index is -0.280. The molecule has 1 aliphatic carbocycles. The standard InChI is InChI=1S/C13H17NO2/c1-3-11(16-2)13(15)10-7-6-9-5-4-8-14-12(9)10/h4-5,8,10-11H,3,6-7H2,1-2H3. The summed E-state index contributed by atoms with van der Waals surface area (Å²) in [5.74, 6) is 0.128. The highest BCUT2D eigenvalue weighted by Crippen LogP contribution is 2.33. The number of fused-ring (bicyclic) bond motifs is 1. The van der Waals surface area contributed by atoms with E-state index in [1.54, 1.807) is 13.3 Å². The average molecular weight is 219 g/mol. The summed E-state index contributed by atoms with van der Waals surface area (Å²) in [6, 6.07) is 3.99. The van der Waals surface area contributed by atoms with Crippen LogP contribution in [0.15, 0.2) is 18.3 Å². The summed E-state index contributed by atoms with van der Waals surface area (Å²) in [6.07, 6.45) is 4.05. The molecule has 0 aliphatic heterocycles. The summed E-state index contributed by atoms with van der Waals surface area (Å²) in [6.45, 7) is 1.97. The monoisotopic (exact) mass is 219 g/mol. The number of ether oxygens (including phenoxy) is 1. The molecule has 0 radical (unpaired) electrons. The van der Waals surface area contributed by atoms with E-state index in [0.717, 1.165) is 25.0 Å². The number of hydrogen-bond acceptors (Lipinski definition) is 3. The molecular formula is C13H17NO2. The van der Waals surface area contributed by atoms with Crippen molar-refractivity contribution >= 4 is 5.78 Å². The van der Waals surface area contributed by atoms with Gasteiger partial charge in [-0.25, -0.2) is 0 Å². The SMILES string of the molecule is CCC(OC)C(=O)C1CCc2cccnc21. The Labute approximate surface area is 95.8 Å². The van der Waals surface area contributed by atoms with Gasteiger partial charge in [0.05, 0.1) is 11.6 Å². The van der Waals surface area contributed by atoms with Crippen molar-refractivity contribution in [3.63, 3.8) is 0 Å². The van der Waals surface area contributed by atoms with Crippen molar-refractivity contribution in [3.05, 3.63) is 29.6 Å². The fourth-order valence-corrected chi connectivity index (χ4v) is 2.40. The van der Waals surface area contributed by atoms with Crippen molar-refractivity contribution in [2.45, 2.75) is 38.2 Å². The van der Waals surface area contributed by atoms with Crippen molar-refractivity contribution in [2.24, 2.45) is 0 Å². The molecule has 0 aromatic carbocycles. The number of carbonyl (C=O) groups is 1. The Balaban J connectivity index is 2.22. The number of methoxy groups -OCH3 is 1. The maximum Gasteiger partial charge on any atom is 0.170 e. The molecule has 0 spiro atoms. The van der Waals surface area contributed by atoms with Crippen molar-refractivity contribution in [3.8, 4) is 0 Å². The maximum absolute atomic E-state index is 12.2. The van der Waals surface area contributed by atoms with Gasteiger partial charge >= 0.3 is 0 Å². The summed E-state index contributed by atoms with van der Waals surface area (Å²) >= 11 is 0. The number of nitrogens with zero attached hydrogens (tertiary/aromatic N) is 1. The number of ketones is 1. The fraction of sp³-hybridized carbons (Fsp3) is 0.538. The molecule has 0 fully saturated rings. The van der Waals surface area contributed by atoms with Crippen molar-refractivity contribution in [2.75, 3.05) is 7.11 Å². The van der Waals surface area contributed by atoms with Crippen LogP contribution in [0.2, 0.25) is 0 Å². The highest BCUT2D eigenvalue weighted by molar-refractivity contribution is 5.90. The molecule has 86 valence electrons. The quantitative estimate of drug-likeness (QED) is 0.778. The van der Waals surface area contributed by atoms with E-state index in [4.69, 9.17) is 4.74 Å². The molecule has 3 nitrogen and oxygen atoms in total. The van der Waals surface area contributed by atoms with Gasteiger partial charge in [-0.1, -0.05) is 13.0 Å². The predicted molar refractivity (Wildman–Crippen MR) is 61.4 cm³/mol. The molecule has 1 heterocycles. The molecule has 1 aromatic heterocycles. The van der Waals surface area contributed by atoms with Crippen LogP contribution in [0.4, 0.5) is 0 Å². The largest absolute Gasteiger partial charge is 0.374 e. The number of Topliss-reactive ketones (excluding diaryl/α,β-unsaturated/α-hetero) is 1. The van der Waals surface area contributed by atoms with E-state index in [1.165, 1.54) is 5.56 Å². The van der Waals surface area contributed by atoms with E-state index in [2.05, 4.69) is 11.1 Å². The lowest BCUT2D eigenvalue weighted by molar-refractivity contribution is -0.130. The molecule has 2 unspecified atom stereocenters. The molecule has 2 rings (SSSR count). The minimum Gasteiger partial charge on any atom is -0.374 e.